The van der Waals surface area contributed by atoms with E-state index in [-0.39, 0.29) is 18.1 Å². The standard InChI is InChI=1S/C24H25N7O2/c1-29(17-13-15-3-4-16(14-17)31(15)24(32)33)22-8-6-20(27-28-22)18-5-7-21(30-12-2-10-26-30)19-9-11-25-23(18)19/h2,5-12,15-17,25H,3-4,13-14H2,1H3,(H,32,33)/t15-,16+,17-. The molecule has 3 atom stereocenters. The molecule has 9 nitrogen and oxygen atoms in total. The van der Waals surface area contributed by atoms with Crippen LogP contribution in [0.3, 0.4) is 0 Å². The number of carbonyl (C=O) groups is 1. The molecule has 0 spiro atoms. The SMILES string of the molecule is CN(c1ccc(-c2ccc(-n3cccn3)c3cc[nH]c23)nn1)[C@@H]1C[C@H]2CC[C@@H](C1)N2C(=O)O. The molecule has 0 aliphatic carbocycles. The van der Waals surface area contributed by atoms with Crippen LogP contribution in [0.25, 0.3) is 27.8 Å². The summed E-state index contributed by atoms with van der Waals surface area (Å²) in [6, 6.07) is 12.5. The van der Waals surface area contributed by atoms with Crippen molar-refractivity contribution in [2.75, 3.05) is 11.9 Å². The number of nitrogens with one attached hydrogen (secondary N) is 1. The van der Waals surface area contributed by atoms with Crippen LogP contribution in [0.1, 0.15) is 25.7 Å². The van der Waals surface area contributed by atoms with Crippen LogP contribution in [-0.2, 0) is 0 Å². The third kappa shape index (κ3) is 3.23. The Morgan fingerprint density at radius 2 is 1.94 bits per heavy atom. The van der Waals surface area contributed by atoms with Gasteiger partial charge < -0.3 is 19.9 Å². The van der Waals surface area contributed by atoms with Crippen LogP contribution < -0.4 is 4.90 Å². The van der Waals surface area contributed by atoms with Gasteiger partial charge in [0.05, 0.1) is 16.9 Å². The van der Waals surface area contributed by atoms with E-state index in [0.29, 0.717) is 0 Å². The maximum Gasteiger partial charge on any atom is 0.407 e. The molecule has 0 unspecified atom stereocenters. The zero-order valence-corrected chi connectivity index (χ0v) is 18.3. The van der Waals surface area contributed by atoms with Crippen molar-refractivity contribution in [2.45, 2.75) is 43.8 Å². The van der Waals surface area contributed by atoms with E-state index in [4.69, 9.17) is 0 Å². The van der Waals surface area contributed by atoms with Crippen LogP contribution in [0, 0.1) is 0 Å². The molecule has 2 fully saturated rings. The molecular weight excluding hydrogens is 418 g/mol. The van der Waals surface area contributed by atoms with Crippen LogP contribution >= 0.6 is 0 Å². The summed E-state index contributed by atoms with van der Waals surface area (Å²) in [7, 11) is 2.03. The zero-order valence-electron chi connectivity index (χ0n) is 18.3. The van der Waals surface area contributed by atoms with Crippen LogP contribution in [-0.4, -0.2) is 66.2 Å². The first-order chi connectivity index (χ1) is 16.1. The van der Waals surface area contributed by atoms with E-state index in [1.807, 2.05) is 60.5 Å². The molecule has 0 saturated carbocycles. The van der Waals surface area contributed by atoms with Gasteiger partial charge in [0, 0.05) is 54.7 Å². The van der Waals surface area contributed by atoms with Gasteiger partial charge in [-0.3, -0.25) is 0 Å². The van der Waals surface area contributed by atoms with E-state index >= 15 is 0 Å². The number of anilines is 1. The number of H-pyrrole nitrogens is 1. The van der Waals surface area contributed by atoms with Gasteiger partial charge in [-0.15, -0.1) is 10.2 Å². The van der Waals surface area contributed by atoms with Gasteiger partial charge in [0.2, 0.25) is 0 Å². The molecular formula is C24H25N7O2. The Balaban J connectivity index is 1.25. The highest BCUT2D eigenvalue weighted by atomic mass is 16.4. The molecule has 3 aromatic heterocycles. The first-order valence-corrected chi connectivity index (χ1v) is 11.3. The summed E-state index contributed by atoms with van der Waals surface area (Å²) in [4.78, 5) is 18.7. The summed E-state index contributed by atoms with van der Waals surface area (Å²) in [5.74, 6) is 0.808. The average Bonchev–Trinajstić information content (AvgIpc) is 3.58. The van der Waals surface area contributed by atoms with Gasteiger partial charge in [-0.1, -0.05) is 0 Å². The Bertz CT molecular complexity index is 1280. The van der Waals surface area contributed by atoms with Gasteiger partial charge in [0.1, 0.15) is 0 Å². The zero-order chi connectivity index (χ0) is 22.5. The maximum atomic E-state index is 11.6. The molecule has 2 aliphatic heterocycles. The third-order valence-corrected chi connectivity index (χ3v) is 7.22. The van der Waals surface area contributed by atoms with Crippen molar-refractivity contribution in [2.24, 2.45) is 0 Å². The Kier molecular flexibility index (Phi) is 4.56. The fraction of sp³-hybridized carbons (Fsp3) is 0.333. The fourth-order valence-electron chi connectivity index (χ4n) is 5.59. The minimum atomic E-state index is -0.790. The molecule has 5 heterocycles. The molecule has 33 heavy (non-hydrogen) atoms. The minimum Gasteiger partial charge on any atom is -0.465 e. The summed E-state index contributed by atoms with van der Waals surface area (Å²) in [5.41, 5.74) is 3.79. The number of hydrogen-bond donors (Lipinski definition) is 2. The van der Waals surface area contributed by atoms with Crippen LogP contribution in [0.4, 0.5) is 10.6 Å². The van der Waals surface area contributed by atoms with E-state index in [1.165, 1.54) is 0 Å². The normalized spacial score (nSPS) is 22.1. The highest BCUT2D eigenvalue weighted by Crippen LogP contribution is 2.38. The summed E-state index contributed by atoms with van der Waals surface area (Å²) < 4.78 is 1.85. The molecule has 2 N–H and O–H groups in total. The largest absolute Gasteiger partial charge is 0.465 e. The number of fused-ring (bicyclic) bond motifs is 3. The van der Waals surface area contributed by atoms with Gasteiger partial charge in [-0.05, 0) is 62.1 Å². The molecule has 4 aromatic rings. The molecule has 9 heteroatoms. The van der Waals surface area contributed by atoms with Gasteiger partial charge in [-0.25, -0.2) is 9.48 Å². The highest BCUT2D eigenvalue weighted by Gasteiger charge is 2.44. The molecule has 0 radical (unpaired) electrons. The highest BCUT2D eigenvalue weighted by molar-refractivity contribution is 5.98. The lowest BCUT2D eigenvalue weighted by molar-refractivity contribution is 0.0965. The van der Waals surface area contributed by atoms with Crippen molar-refractivity contribution in [3.63, 3.8) is 0 Å². The monoisotopic (exact) mass is 443 g/mol. The number of nitrogens with zero attached hydrogens (tertiary/aromatic N) is 6. The van der Waals surface area contributed by atoms with Crippen molar-refractivity contribution in [3.05, 3.63) is 55.0 Å². The second-order valence-corrected chi connectivity index (χ2v) is 8.94. The molecule has 2 aliphatic rings. The number of carboxylic acid groups (broad SMARTS) is 1. The molecule has 168 valence electrons. The van der Waals surface area contributed by atoms with Crippen molar-refractivity contribution in [1.82, 2.24) is 29.9 Å². The molecule has 2 bridgehead atoms. The molecule has 1 amide bonds. The van der Waals surface area contributed by atoms with Crippen LogP contribution in [0.15, 0.2) is 55.0 Å². The van der Waals surface area contributed by atoms with E-state index in [2.05, 4.69) is 25.2 Å². The molecule has 1 aromatic carbocycles. The van der Waals surface area contributed by atoms with Gasteiger partial charge in [0.25, 0.3) is 0 Å². The Morgan fingerprint density at radius 3 is 2.61 bits per heavy atom. The lowest BCUT2D eigenvalue weighted by Gasteiger charge is -2.41. The average molecular weight is 444 g/mol. The minimum absolute atomic E-state index is 0.107. The summed E-state index contributed by atoms with van der Waals surface area (Å²) in [5, 5.41) is 24.0. The van der Waals surface area contributed by atoms with Gasteiger partial charge in [0.15, 0.2) is 5.82 Å². The Labute approximate surface area is 190 Å². The van der Waals surface area contributed by atoms with E-state index in [0.717, 1.165) is 59.3 Å². The van der Waals surface area contributed by atoms with Crippen LogP contribution in [0.5, 0.6) is 0 Å². The topological polar surface area (TPSA) is 103 Å². The van der Waals surface area contributed by atoms with E-state index < -0.39 is 6.09 Å². The second kappa shape index (κ2) is 7.61. The number of piperidine rings is 1. The first kappa shape index (κ1) is 19.8. The predicted octanol–water partition coefficient (Wildman–Crippen LogP) is 3.92. The molecule has 6 rings (SSSR count). The van der Waals surface area contributed by atoms with Crippen molar-refractivity contribution in [1.29, 1.82) is 0 Å². The maximum absolute atomic E-state index is 11.6. The van der Waals surface area contributed by atoms with E-state index in [1.54, 1.807) is 11.1 Å². The smallest absolute Gasteiger partial charge is 0.407 e. The van der Waals surface area contributed by atoms with Crippen molar-refractivity contribution in [3.8, 4) is 16.9 Å². The lowest BCUT2D eigenvalue weighted by atomic mass is 9.96. The first-order valence-electron chi connectivity index (χ1n) is 11.3. The van der Waals surface area contributed by atoms with Crippen molar-refractivity contribution >= 4 is 22.8 Å². The summed E-state index contributed by atoms with van der Waals surface area (Å²) in [6.45, 7) is 0. The number of hydrogen-bond acceptors (Lipinski definition) is 5. The summed E-state index contributed by atoms with van der Waals surface area (Å²) >= 11 is 0. The fourth-order valence-corrected chi connectivity index (χ4v) is 5.59. The number of rotatable bonds is 4. The van der Waals surface area contributed by atoms with Crippen LogP contribution in [0.2, 0.25) is 0 Å². The number of aromatic nitrogens is 5. The Hall–Kier alpha value is -3.88. The quantitative estimate of drug-likeness (QED) is 0.496. The predicted molar refractivity (Wildman–Crippen MR) is 125 cm³/mol. The van der Waals surface area contributed by atoms with Crippen molar-refractivity contribution < 1.29 is 9.90 Å². The summed E-state index contributed by atoms with van der Waals surface area (Å²) in [6.07, 6.45) is 8.40. The molecule has 2 saturated heterocycles. The van der Waals surface area contributed by atoms with Gasteiger partial charge in [-0.2, -0.15) is 5.10 Å². The third-order valence-electron chi connectivity index (χ3n) is 7.22. The second-order valence-electron chi connectivity index (χ2n) is 8.94. The number of amides is 1. The number of aromatic amines is 1. The van der Waals surface area contributed by atoms with E-state index in [9.17, 15) is 9.90 Å². The Morgan fingerprint density at radius 1 is 1.12 bits per heavy atom. The number of benzene rings is 1. The van der Waals surface area contributed by atoms with Gasteiger partial charge >= 0.3 is 6.09 Å². The lowest BCUT2D eigenvalue weighted by Crippen LogP contribution is -2.51.